The van der Waals surface area contributed by atoms with E-state index < -0.39 is 5.41 Å². The second kappa shape index (κ2) is 11.7. The molecule has 1 aromatic heterocycles. The van der Waals surface area contributed by atoms with Gasteiger partial charge in [-0.05, 0) is 97.8 Å². The first kappa shape index (κ1) is 30.0. The third-order valence-corrected chi connectivity index (χ3v) is 11.7. The molecule has 1 heteroatoms. The minimum atomic E-state index is -0.445. The van der Waals surface area contributed by atoms with Crippen molar-refractivity contribution in [1.29, 1.82) is 0 Å². The maximum Gasteiger partial charge on any atom is 0.142 e. The van der Waals surface area contributed by atoms with Crippen LogP contribution in [-0.2, 0) is 11.8 Å². The number of fused-ring (bicyclic) bond motifs is 11. The number of hydrogen-bond donors (Lipinski definition) is 0. The van der Waals surface area contributed by atoms with Gasteiger partial charge in [-0.1, -0.05) is 164 Å². The zero-order chi connectivity index (χ0) is 34.9. The molecule has 0 unspecified atom stereocenters. The van der Waals surface area contributed by atoms with Crippen LogP contribution in [0.1, 0.15) is 51.8 Å². The molecule has 0 fully saturated rings. The lowest BCUT2D eigenvalue weighted by Gasteiger charge is -2.31. The molecule has 53 heavy (non-hydrogen) atoms. The van der Waals surface area contributed by atoms with Gasteiger partial charge in [0, 0.05) is 28.7 Å². The van der Waals surface area contributed by atoms with Crippen LogP contribution in [0.3, 0.4) is 0 Å². The van der Waals surface area contributed by atoms with Crippen LogP contribution in [-0.4, -0.2) is 0 Å². The van der Waals surface area contributed by atoms with E-state index in [0.29, 0.717) is 6.42 Å². The van der Waals surface area contributed by atoms with Gasteiger partial charge in [0.05, 0.1) is 5.41 Å². The molecule has 1 spiro atoms. The van der Waals surface area contributed by atoms with Gasteiger partial charge in [-0.3, -0.25) is 0 Å². The smallest absolute Gasteiger partial charge is 0.142 e. The Morgan fingerprint density at radius 3 is 1.87 bits per heavy atom. The molecule has 1 nitrogen and oxygen atoms in total. The topological polar surface area (TPSA) is 13.1 Å². The molecule has 6 aromatic carbocycles. The van der Waals surface area contributed by atoms with E-state index in [1.807, 2.05) is 6.08 Å². The van der Waals surface area contributed by atoms with E-state index in [9.17, 15) is 0 Å². The van der Waals surface area contributed by atoms with Crippen LogP contribution in [0.2, 0.25) is 0 Å². The van der Waals surface area contributed by atoms with Gasteiger partial charge < -0.3 is 4.42 Å². The second-order valence-electron chi connectivity index (χ2n) is 14.4. The van der Waals surface area contributed by atoms with Crippen LogP contribution in [0, 0.1) is 11.8 Å². The lowest BCUT2D eigenvalue weighted by molar-refractivity contribution is 0.594. The maximum absolute atomic E-state index is 7.36. The SMILES string of the molecule is C1#CCC(c2cc3c(cc2-c2oc(-c4ccccc4-c4ccccc4)c4c2CCC=C4)C2(c4ccccc4-c4ccccc42)c2ccccc2-3)=CC=C1. The lowest BCUT2D eigenvalue weighted by Crippen LogP contribution is -2.26. The zero-order valence-electron chi connectivity index (χ0n) is 29.2. The zero-order valence-corrected chi connectivity index (χ0v) is 29.2. The van der Waals surface area contributed by atoms with Crippen LogP contribution in [0.4, 0.5) is 0 Å². The highest BCUT2D eigenvalue weighted by Gasteiger charge is 2.52. The molecule has 0 radical (unpaired) electrons. The van der Waals surface area contributed by atoms with Crippen molar-refractivity contribution in [2.24, 2.45) is 0 Å². The minimum absolute atomic E-state index is 0.445. The Morgan fingerprint density at radius 2 is 1.15 bits per heavy atom. The number of furan rings is 1. The van der Waals surface area contributed by atoms with Gasteiger partial charge in [0.15, 0.2) is 0 Å². The fraction of sp³-hybridized carbons (Fsp3) is 0.0769. The van der Waals surface area contributed by atoms with Gasteiger partial charge in [-0.25, -0.2) is 0 Å². The summed E-state index contributed by atoms with van der Waals surface area (Å²) in [4.78, 5) is 0. The largest absolute Gasteiger partial charge is 0.455 e. The van der Waals surface area contributed by atoms with Crippen LogP contribution in [0.25, 0.3) is 67.7 Å². The van der Waals surface area contributed by atoms with E-state index in [1.165, 1.54) is 77.9 Å². The van der Waals surface area contributed by atoms with Crippen molar-refractivity contribution in [2.45, 2.75) is 24.7 Å². The van der Waals surface area contributed by atoms with Crippen molar-refractivity contribution in [2.75, 3.05) is 0 Å². The van der Waals surface area contributed by atoms with E-state index in [2.05, 4.69) is 176 Å². The quantitative estimate of drug-likeness (QED) is 0.169. The molecule has 0 N–H and O–H groups in total. The molecule has 248 valence electrons. The highest BCUT2D eigenvalue weighted by atomic mass is 16.3. The van der Waals surface area contributed by atoms with Crippen molar-refractivity contribution in [3.8, 4) is 67.9 Å². The van der Waals surface area contributed by atoms with Gasteiger partial charge >= 0.3 is 0 Å². The molecular formula is C52H34O. The molecule has 11 rings (SSSR count). The Kier molecular flexibility index (Phi) is 6.64. The third-order valence-electron chi connectivity index (χ3n) is 11.7. The highest BCUT2D eigenvalue weighted by Crippen LogP contribution is 2.63. The van der Waals surface area contributed by atoms with Crippen LogP contribution in [0.5, 0.6) is 0 Å². The molecule has 0 amide bonds. The molecule has 0 saturated heterocycles. The number of rotatable bonds is 4. The summed E-state index contributed by atoms with van der Waals surface area (Å²) in [5.74, 6) is 8.52. The molecule has 7 aromatic rings. The molecular weight excluding hydrogens is 641 g/mol. The van der Waals surface area contributed by atoms with Crippen LogP contribution < -0.4 is 0 Å². The standard InChI is InChI=1S/C52H34O/c1-2-5-21-35(20-4-1)43-32-44-39-25-14-17-31-48(39)52(46-29-15-12-23-37(46)38-24-13-16-30-47(38)52)49(44)33-45(43)51-42-28-11-10-27-41(42)50(53-51)40-26-9-8-22-36(40)34-18-6-3-7-19-34/h1,3-4,6-10,12-20,22-27,29-33H,11,21,28H2. The first-order valence-corrected chi connectivity index (χ1v) is 18.6. The Balaban J connectivity index is 1.24. The average molecular weight is 675 g/mol. The van der Waals surface area contributed by atoms with E-state index in [1.54, 1.807) is 0 Å². The lowest BCUT2D eigenvalue weighted by atomic mass is 9.70. The van der Waals surface area contributed by atoms with Gasteiger partial charge in [0.1, 0.15) is 11.5 Å². The summed E-state index contributed by atoms with van der Waals surface area (Å²) >= 11 is 0. The van der Waals surface area contributed by atoms with Crippen molar-refractivity contribution in [3.63, 3.8) is 0 Å². The second-order valence-corrected chi connectivity index (χ2v) is 14.4. The highest BCUT2D eigenvalue weighted by molar-refractivity contribution is 5.99. The first-order chi connectivity index (χ1) is 26.3. The van der Waals surface area contributed by atoms with Crippen LogP contribution in [0.15, 0.2) is 168 Å². The fourth-order valence-electron chi connectivity index (χ4n) is 9.55. The third kappa shape index (κ3) is 4.27. The Morgan fingerprint density at radius 1 is 0.528 bits per heavy atom. The normalized spacial score (nSPS) is 15.1. The summed E-state index contributed by atoms with van der Waals surface area (Å²) < 4.78 is 7.36. The van der Waals surface area contributed by atoms with Gasteiger partial charge in [0.2, 0.25) is 0 Å². The van der Waals surface area contributed by atoms with Crippen molar-refractivity contribution >= 4 is 11.6 Å². The summed E-state index contributed by atoms with van der Waals surface area (Å²) in [5.41, 5.74) is 19.5. The summed E-state index contributed by atoms with van der Waals surface area (Å²) in [5, 5.41) is 0. The number of benzene rings is 6. The van der Waals surface area contributed by atoms with Crippen molar-refractivity contribution in [3.05, 3.63) is 203 Å². The van der Waals surface area contributed by atoms with Gasteiger partial charge in [-0.2, -0.15) is 0 Å². The summed E-state index contributed by atoms with van der Waals surface area (Å²) in [7, 11) is 0. The number of hydrogen-bond acceptors (Lipinski definition) is 1. The molecule has 4 aliphatic carbocycles. The molecule has 0 aliphatic heterocycles. The summed E-state index contributed by atoms with van der Waals surface area (Å²) in [6, 6.07) is 51.4. The molecule has 0 atom stereocenters. The predicted octanol–water partition coefficient (Wildman–Crippen LogP) is 12.9. The summed E-state index contributed by atoms with van der Waals surface area (Å²) in [6.07, 6.45) is 13.4. The van der Waals surface area contributed by atoms with Gasteiger partial charge in [-0.15, -0.1) is 0 Å². The van der Waals surface area contributed by atoms with Crippen LogP contribution >= 0.6 is 0 Å². The number of allylic oxidation sites excluding steroid dienone is 5. The van der Waals surface area contributed by atoms with E-state index >= 15 is 0 Å². The average Bonchev–Trinajstić information content (AvgIpc) is 3.75. The van der Waals surface area contributed by atoms with Gasteiger partial charge in [0.25, 0.3) is 0 Å². The first-order valence-electron chi connectivity index (χ1n) is 18.6. The van der Waals surface area contributed by atoms with Crippen molar-refractivity contribution in [1.82, 2.24) is 0 Å². The molecule has 0 bridgehead atoms. The Hall–Kier alpha value is -6.62. The predicted molar refractivity (Wildman–Crippen MR) is 218 cm³/mol. The van der Waals surface area contributed by atoms with E-state index in [0.717, 1.165) is 35.5 Å². The van der Waals surface area contributed by atoms with E-state index in [4.69, 9.17) is 4.42 Å². The molecule has 0 saturated carbocycles. The monoisotopic (exact) mass is 674 g/mol. The summed E-state index contributed by atoms with van der Waals surface area (Å²) in [6.45, 7) is 0. The van der Waals surface area contributed by atoms with Crippen molar-refractivity contribution < 1.29 is 4.42 Å². The molecule has 4 aliphatic rings. The minimum Gasteiger partial charge on any atom is -0.455 e. The maximum atomic E-state index is 7.36. The Bertz CT molecular complexity index is 2760. The van der Waals surface area contributed by atoms with E-state index in [-0.39, 0.29) is 0 Å². The molecule has 1 heterocycles. The Labute approximate surface area is 310 Å². The fourth-order valence-corrected chi connectivity index (χ4v) is 9.55.